The fourth-order valence-corrected chi connectivity index (χ4v) is 5.19. The second-order valence-corrected chi connectivity index (χ2v) is 8.64. The molecule has 6 aromatic rings. The van der Waals surface area contributed by atoms with Gasteiger partial charge in [-0.05, 0) is 54.8 Å². The molecule has 0 atom stereocenters. The van der Waals surface area contributed by atoms with Crippen LogP contribution < -0.4 is 0 Å². The molecule has 7 rings (SSSR count). The number of H-pyrrole nitrogens is 2. The second-order valence-electron chi connectivity index (χ2n) is 8.64. The van der Waals surface area contributed by atoms with Gasteiger partial charge in [0, 0.05) is 21.7 Å². The number of rotatable bonds is 1. The fourth-order valence-electron chi connectivity index (χ4n) is 5.19. The average molecular weight is 416 g/mol. The molecule has 0 saturated heterocycles. The van der Waals surface area contributed by atoms with E-state index < -0.39 is 0 Å². The van der Waals surface area contributed by atoms with Crippen LogP contribution in [0.15, 0.2) is 48.8 Å². The number of nitrogens with one attached hydrogen (secondary N) is 2. The van der Waals surface area contributed by atoms with Gasteiger partial charge in [-0.25, -0.2) is 9.97 Å². The van der Waals surface area contributed by atoms with Gasteiger partial charge in [-0.2, -0.15) is 10.2 Å². The van der Waals surface area contributed by atoms with Gasteiger partial charge in [0.2, 0.25) is 0 Å². The van der Waals surface area contributed by atoms with Crippen molar-refractivity contribution in [3.63, 3.8) is 0 Å². The molecule has 154 valence electrons. The first-order chi connectivity index (χ1) is 15.7. The third-order valence-corrected chi connectivity index (χ3v) is 6.62. The maximum atomic E-state index is 4.71. The highest BCUT2D eigenvalue weighted by Gasteiger charge is 2.20. The predicted octanol–water partition coefficient (Wildman–Crippen LogP) is 5.43. The van der Waals surface area contributed by atoms with E-state index in [0.29, 0.717) is 0 Å². The number of nitrogens with zero attached hydrogens (tertiary/aromatic N) is 4. The molecule has 1 aliphatic carbocycles. The summed E-state index contributed by atoms with van der Waals surface area (Å²) < 4.78 is 0. The standard InChI is InChI=1S/C26H20N6/c1-13-29-23-8-5-17-9-15(3-6-18(17)24(23)30-13)16-4-7-19-20(10-16)21-11-27-28-12-22(21)26-25(19)31-14(2)32-26/h3-4,6-7,9-12H,5,8H2,1-2H3,(H,29,30)(H,31,32). The van der Waals surface area contributed by atoms with Crippen LogP contribution in [0.1, 0.15) is 22.9 Å². The van der Waals surface area contributed by atoms with Crippen LogP contribution in [0, 0.1) is 13.8 Å². The molecule has 2 N–H and O–H groups in total. The van der Waals surface area contributed by atoms with Crippen LogP contribution >= 0.6 is 0 Å². The minimum atomic E-state index is 0.901. The number of aromatic nitrogens is 6. The maximum absolute atomic E-state index is 4.71. The first kappa shape index (κ1) is 17.6. The third kappa shape index (κ3) is 2.40. The van der Waals surface area contributed by atoms with Crippen LogP contribution in [-0.4, -0.2) is 30.1 Å². The maximum Gasteiger partial charge on any atom is 0.104 e. The number of aryl methyl sites for hydroxylation is 4. The molecule has 0 fully saturated rings. The van der Waals surface area contributed by atoms with E-state index in [1.54, 1.807) is 0 Å². The summed E-state index contributed by atoms with van der Waals surface area (Å²) in [7, 11) is 0. The summed E-state index contributed by atoms with van der Waals surface area (Å²) >= 11 is 0. The number of hydrogen-bond donors (Lipinski definition) is 2. The van der Waals surface area contributed by atoms with Crippen molar-refractivity contribution in [3.8, 4) is 22.4 Å². The molecule has 0 unspecified atom stereocenters. The molecule has 0 radical (unpaired) electrons. The molecule has 0 bridgehead atoms. The van der Waals surface area contributed by atoms with Gasteiger partial charge in [-0.3, -0.25) is 0 Å². The van der Waals surface area contributed by atoms with Crippen LogP contribution in [0.5, 0.6) is 0 Å². The van der Waals surface area contributed by atoms with Gasteiger partial charge in [-0.15, -0.1) is 0 Å². The van der Waals surface area contributed by atoms with Crippen molar-refractivity contribution < 1.29 is 0 Å². The summed E-state index contributed by atoms with van der Waals surface area (Å²) in [6.07, 6.45) is 5.65. The lowest BCUT2D eigenvalue weighted by Gasteiger charge is -2.17. The van der Waals surface area contributed by atoms with Gasteiger partial charge in [0.1, 0.15) is 11.6 Å². The number of aromatic amines is 2. The molecular weight excluding hydrogens is 396 g/mol. The van der Waals surface area contributed by atoms with E-state index in [1.165, 1.54) is 33.6 Å². The van der Waals surface area contributed by atoms with Crippen LogP contribution in [0.25, 0.3) is 55.0 Å². The van der Waals surface area contributed by atoms with Gasteiger partial charge in [-0.1, -0.05) is 30.3 Å². The van der Waals surface area contributed by atoms with Gasteiger partial charge in [0.05, 0.1) is 34.8 Å². The third-order valence-electron chi connectivity index (χ3n) is 6.62. The molecule has 0 amide bonds. The number of imidazole rings is 2. The highest BCUT2D eigenvalue weighted by molar-refractivity contribution is 6.23. The Bertz CT molecular complexity index is 1710. The molecule has 32 heavy (non-hydrogen) atoms. The van der Waals surface area contributed by atoms with Gasteiger partial charge >= 0.3 is 0 Å². The lowest BCUT2D eigenvalue weighted by atomic mass is 9.89. The van der Waals surface area contributed by atoms with E-state index >= 15 is 0 Å². The van der Waals surface area contributed by atoms with E-state index in [1.807, 2.05) is 26.2 Å². The van der Waals surface area contributed by atoms with Crippen molar-refractivity contribution in [2.24, 2.45) is 0 Å². The highest BCUT2D eigenvalue weighted by atomic mass is 15.1. The Hall–Kier alpha value is -4.06. The first-order valence-corrected chi connectivity index (χ1v) is 10.9. The molecule has 0 aliphatic heterocycles. The summed E-state index contributed by atoms with van der Waals surface area (Å²) in [4.78, 5) is 16.2. The zero-order valence-electron chi connectivity index (χ0n) is 17.8. The summed E-state index contributed by atoms with van der Waals surface area (Å²) in [6, 6.07) is 13.4. The zero-order valence-corrected chi connectivity index (χ0v) is 17.8. The largest absolute Gasteiger partial charge is 0.342 e. The average Bonchev–Trinajstić information content (AvgIpc) is 3.40. The Morgan fingerprint density at radius 3 is 2.41 bits per heavy atom. The van der Waals surface area contributed by atoms with Crippen LogP contribution in [0.2, 0.25) is 0 Å². The minimum Gasteiger partial charge on any atom is -0.342 e. The zero-order chi connectivity index (χ0) is 21.4. The summed E-state index contributed by atoms with van der Waals surface area (Å²) in [5.41, 5.74) is 9.42. The lowest BCUT2D eigenvalue weighted by molar-refractivity contribution is 0.905. The van der Waals surface area contributed by atoms with Crippen molar-refractivity contribution >= 4 is 32.6 Å². The van der Waals surface area contributed by atoms with Crippen molar-refractivity contribution in [1.82, 2.24) is 30.1 Å². The SMILES string of the molecule is Cc1nc2c([nH]1)-c1ccc(-c3ccc4c(c3)c3cnncc3c3nc(C)[nH]c43)cc1CC2. The lowest BCUT2D eigenvalue weighted by Crippen LogP contribution is -2.03. The summed E-state index contributed by atoms with van der Waals surface area (Å²) in [5.74, 6) is 1.88. The fraction of sp³-hybridized carbons (Fsp3) is 0.154. The number of hydrogen-bond acceptors (Lipinski definition) is 4. The molecule has 6 nitrogen and oxygen atoms in total. The Morgan fingerprint density at radius 1 is 0.719 bits per heavy atom. The molecule has 6 heteroatoms. The minimum absolute atomic E-state index is 0.901. The molecule has 1 aliphatic rings. The topological polar surface area (TPSA) is 83.1 Å². The Labute approximate surface area is 183 Å². The molecule has 3 heterocycles. The number of benzene rings is 3. The first-order valence-electron chi connectivity index (χ1n) is 10.9. The second kappa shape index (κ2) is 6.23. The van der Waals surface area contributed by atoms with E-state index in [-0.39, 0.29) is 0 Å². The van der Waals surface area contributed by atoms with E-state index in [4.69, 9.17) is 4.98 Å². The van der Waals surface area contributed by atoms with Gasteiger partial charge < -0.3 is 9.97 Å². The Morgan fingerprint density at radius 2 is 1.50 bits per heavy atom. The van der Waals surface area contributed by atoms with Gasteiger partial charge in [0.15, 0.2) is 0 Å². The highest BCUT2D eigenvalue weighted by Crippen LogP contribution is 2.38. The molecule has 3 aromatic heterocycles. The van der Waals surface area contributed by atoms with E-state index in [9.17, 15) is 0 Å². The van der Waals surface area contributed by atoms with Crippen LogP contribution in [0.3, 0.4) is 0 Å². The smallest absolute Gasteiger partial charge is 0.104 e. The van der Waals surface area contributed by atoms with Crippen LogP contribution in [0.4, 0.5) is 0 Å². The van der Waals surface area contributed by atoms with Crippen molar-refractivity contribution in [1.29, 1.82) is 0 Å². The molecular formula is C26H20N6. The predicted molar refractivity (Wildman–Crippen MR) is 127 cm³/mol. The molecule has 0 saturated carbocycles. The quantitative estimate of drug-likeness (QED) is 0.350. The van der Waals surface area contributed by atoms with E-state index in [0.717, 1.165) is 57.1 Å². The van der Waals surface area contributed by atoms with Crippen molar-refractivity contribution in [2.75, 3.05) is 0 Å². The number of fused-ring (bicyclic) bond motifs is 9. The van der Waals surface area contributed by atoms with Crippen molar-refractivity contribution in [3.05, 3.63) is 71.7 Å². The monoisotopic (exact) mass is 416 g/mol. The Kier molecular flexibility index (Phi) is 3.43. The normalized spacial score (nSPS) is 13.1. The summed E-state index contributed by atoms with van der Waals surface area (Å²) in [6.45, 7) is 4.01. The van der Waals surface area contributed by atoms with Gasteiger partial charge in [0.25, 0.3) is 0 Å². The Balaban J connectivity index is 1.45. The summed E-state index contributed by atoms with van der Waals surface area (Å²) in [5, 5.41) is 12.7. The van der Waals surface area contributed by atoms with Crippen LogP contribution in [-0.2, 0) is 12.8 Å². The van der Waals surface area contributed by atoms with E-state index in [2.05, 4.69) is 61.5 Å². The molecule has 3 aromatic carbocycles. The molecule has 0 spiro atoms. The van der Waals surface area contributed by atoms with Crippen molar-refractivity contribution in [2.45, 2.75) is 26.7 Å².